The molecule has 4 aromatic carbocycles. The molecule has 4 aromatic rings. The van der Waals surface area contributed by atoms with E-state index in [9.17, 15) is 22.4 Å². The number of nitrogens with zero attached hydrogens (tertiary/aromatic N) is 2. The van der Waals surface area contributed by atoms with Crippen LogP contribution >= 0.6 is 23.2 Å². The normalized spacial score (nSPS) is 14.1. The molecule has 2 amide bonds. The molecule has 0 aliphatic heterocycles. The molecule has 1 atom stereocenters. The smallest absolute Gasteiger partial charge is 0.264 e. The molecule has 0 aromatic heterocycles. The van der Waals surface area contributed by atoms with Crippen molar-refractivity contribution in [1.29, 1.82) is 0 Å². The van der Waals surface area contributed by atoms with Gasteiger partial charge < -0.3 is 10.2 Å². The van der Waals surface area contributed by atoms with E-state index in [-0.39, 0.29) is 40.5 Å². The number of halogens is 3. The van der Waals surface area contributed by atoms with Crippen molar-refractivity contribution in [2.45, 2.75) is 55.6 Å². The molecule has 1 aliphatic carbocycles. The lowest BCUT2D eigenvalue weighted by Crippen LogP contribution is -2.54. The van der Waals surface area contributed by atoms with Gasteiger partial charge in [0.15, 0.2) is 0 Å². The van der Waals surface area contributed by atoms with Crippen molar-refractivity contribution >= 4 is 50.7 Å². The summed E-state index contributed by atoms with van der Waals surface area (Å²) in [6, 6.07) is 25.8. The number of nitrogens with one attached hydrogen (secondary N) is 1. The molecule has 0 saturated heterocycles. The molecule has 0 spiro atoms. The molecule has 0 bridgehead atoms. The highest BCUT2D eigenvalue weighted by molar-refractivity contribution is 7.92. The first-order chi connectivity index (χ1) is 22.1. The van der Waals surface area contributed by atoms with Crippen molar-refractivity contribution in [3.8, 4) is 0 Å². The summed E-state index contributed by atoms with van der Waals surface area (Å²) in [5.74, 6) is -1.40. The van der Waals surface area contributed by atoms with E-state index < -0.39 is 34.3 Å². The van der Waals surface area contributed by atoms with E-state index in [2.05, 4.69) is 5.32 Å². The van der Waals surface area contributed by atoms with Gasteiger partial charge in [-0.05, 0) is 78.6 Å². The van der Waals surface area contributed by atoms with Gasteiger partial charge in [0.2, 0.25) is 11.8 Å². The number of hydrogen-bond donors (Lipinski definition) is 1. The molecule has 0 heterocycles. The van der Waals surface area contributed by atoms with Crippen LogP contribution in [-0.4, -0.2) is 43.8 Å². The fourth-order valence-electron chi connectivity index (χ4n) is 5.60. The Morgan fingerprint density at radius 1 is 0.826 bits per heavy atom. The highest BCUT2D eigenvalue weighted by atomic mass is 35.5. The zero-order valence-electron chi connectivity index (χ0n) is 25.0. The monoisotopic (exact) mass is 681 g/mol. The maximum Gasteiger partial charge on any atom is 0.264 e. The molecule has 11 heteroatoms. The largest absolute Gasteiger partial charge is 0.352 e. The Morgan fingerprint density at radius 3 is 2.15 bits per heavy atom. The first-order valence-corrected chi connectivity index (χ1v) is 17.2. The Balaban J connectivity index is 1.56. The number of sulfonamides is 1. The Hall–Kier alpha value is -3.92. The summed E-state index contributed by atoms with van der Waals surface area (Å²) in [5.41, 5.74) is 1.58. The first kappa shape index (κ1) is 33.4. The number of rotatable bonds is 12. The van der Waals surface area contributed by atoms with Crippen LogP contribution in [-0.2, 0) is 32.6 Å². The average Bonchev–Trinajstić information content (AvgIpc) is 3.56. The van der Waals surface area contributed by atoms with E-state index in [0.29, 0.717) is 10.6 Å². The van der Waals surface area contributed by atoms with Crippen molar-refractivity contribution in [1.82, 2.24) is 10.2 Å². The highest BCUT2D eigenvalue weighted by Crippen LogP contribution is 2.28. The molecule has 1 unspecified atom stereocenters. The minimum atomic E-state index is -4.30. The highest BCUT2D eigenvalue weighted by Gasteiger charge is 2.35. The van der Waals surface area contributed by atoms with Crippen molar-refractivity contribution in [3.05, 3.63) is 130 Å². The molecule has 5 rings (SSSR count). The quantitative estimate of drug-likeness (QED) is 0.174. The Labute approximate surface area is 279 Å². The van der Waals surface area contributed by atoms with E-state index >= 15 is 0 Å². The molecule has 0 radical (unpaired) electrons. The Morgan fingerprint density at radius 2 is 1.50 bits per heavy atom. The zero-order chi connectivity index (χ0) is 32.7. The van der Waals surface area contributed by atoms with E-state index in [1.807, 2.05) is 30.3 Å². The van der Waals surface area contributed by atoms with Gasteiger partial charge in [-0.25, -0.2) is 12.8 Å². The summed E-state index contributed by atoms with van der Waals surface area (Å²) in [6.07, 6.45) is 3.88. The first-order valence-electron chi connectivity index (χ1n) is 15.0. The lowest BCUT2D eigenvalue weighted by molar-refractivity contribution is -0.140. The van der Waals surface area contributed by atoms with Crippen LogP contribution < -0.4 is 9.62 Å². The number of carbonyl (C=O) groups excluding carboxylic acids is 2. The summed E-state index contributed by atoms with van der Waals surface area (Å²) < 4.78 is 43.0. The van der Waals surface area contributed by atoms with Gasteiger partial charge in [-0.1, -0.05) is 84.6 Å². The molecular weight excluding hydrogens is 648 g/mol. The third-order valence-corrected chi connectivity index (χ3v) is 10.3. The van der Waals surface area contributed by atoms with Crippen molar-refractivity contribution in [2.75, 3.05) is 10.8 Å². The van der Waals surface area contributed by atoms with Crippen LogP contribution in [0.2, 0.25) is 10.0 Å². The van der Waals surface area contributed by atoms with Crippen LogP contribution in [0.1, 0.15) is 36.8 Å². The Bertz CT molecular complexity index is 1750. The summed E-state index contributed by atoms with van der Waals surface area (Å²) in [4.78, 5) is 29.8. The fraction of sp³-hybridized carbons (Fsp3) is 0.257. The maximum atomic E-state index is 14.5. The summed E-state index contributed by atoms with van der Waals surface area (Å²) in [7, 11) is -4.30. The van der Waals surface area contributed by atoms with Gasteiger partial charge in [-0.15, -0.1) is 0 Å². The lowest BCUT2D eigenvalue weighted by Gasteiger charge is -2.34. The Kier molecular flexibility index (Phi) is 11.0. The predicted molar refractivity (Wildman–Crippen MR) is 179 cm³/mol. The molecule has 7 nitrogen and oxygen atoms in total. The van der Waals surface area contributed by atoms with E-state index in [1.54, 1.807) is 30.3 Å². The lowest BCUT2D eigenvalue weighted by atomic mass is 10.0. The number of carbonyl (C=O) groups is 2. The van der Waals surface area contributed by atoms with Crippen molar-refractivity contribution in [3.63, 3.8) is 0 Å². The minimum Gasteiger partial charge on any atom is -0.352 e. The average molecular weight is 683 g/mol. The summed E-state index contributed by atoms with van der Waals surface area (Å²) in [6.45, 7) is -0.687. The fourth-order valence-corrected chi connectivity index (χ4v) is 7.32. The molecule has 1 saturated carbocycles. The molecule has 240 valence electrons. The van der Waals surface area contributed by atoms with Crippen LogP contribution in [0.5, 0.6) is 0 Å². The molecule has 1 N–H and O–H groups in total. The van der Waals surface area contributed by atoms with Crippen LogP contribution in [0, 0.1) is 5.82 Å². The maximum absolute atomic E-state index is 14.5. The topological polar surface area (TPSA) is 86.8 Å². The summed E-state index contributed by atoms with van der Waals surface area (Å²) >= 11 is 12.3. The molecule has 1 aliphatic rings. The van der Waals surface area contributed by atoms with Crippen LogP contribution in [0.15, 0.2) is 108 Å². The van der Waals surface area contributed by atoms with Crippen molar-refractivity contribution in [2.24, 2.45) is 0 Å². The van der Waals surface area contributed by atoms with Crippen LogP contribution in [0.25, 0.3) is 0 Å². The zero-order valence-corrected chi connectivity index (χ0v) is 27.3. The second-order valence-electron chi connectivity index (χ2n) is 11.3. The van der Waals surface area contributed by atoms with Gasteiger partial charge in [0, 0.05) is 29.1 Å². The second kappa shape index (κ2) is 15.1. The summed E-state index contributed by atoms with van der Waals surface area (Å²) in [5, 5.41) is 3.76. The van der Waals surface area contributed by atoms with Gasteiger partial charge in [0.05, 0.1) is 10.6 Å². The number of anilines is 1. The third kappa shape index (κ3) is 8.46. The van der Waals surface area contributed by atoms with Gasteiger partial charge in [-0.2, -0.15) is 0 Å². The minimum absolute atomic E-state index is 0.0122. The standard InChI is InChI=1S/C35H34Cl2FN3O4S/c36-27-15-19-32(20-16-27)46(44,45)41(31-12-6-9-28(37)22-31)24-34(42)40(23-26-13-17-29(38)18-14-26)33(21-25-7-2-1-3-8-25)35(43)39-30-10-4-5-11-30/h1-3,6-9,12-20,22,30,33H,4-5,10-11,21,23-24H2,(H,39,43). The van der Waals surface area contributed by atoms with Crippen molar-refractivity contribution < 1.29 is 22.4 Å². The van der Waals surface area contributed by atoms with Gasteiger partial charge in [-0.3, -0.25) is 13.9 Å². The third-order valence-electron chi connectivity index (χ3n) is 8.02. The van der Waals surface area contributed by atoms with Gasteiger partial charge >= 0.3 is 0 Å². The second-order valence-corrected chi connectivity index (χ2v) is 14.0. The SMILES string of the molecule is O=C(NC1CCCC1)C(Cc1ccccc1)N(Cc1ccc(F)cc1)C(=O)CN(c1cccc(Cl)c1)S(=O)(=O)c1ccc(Cl)cc1. The van der Waals surface area contributed by atoms with Crippen LogP contribution in [0.4, 0.5) is 10.1 Å². The van der Waals surface area contributed by atoms with E-state index in [4.69, 9.17) is 23.2 Å². The molecule has 1 fully saturated rings. The molecule has 46 heavy (non-hydrogen) atoms. The number of amides is 2. The number of hydrogen-bond acceptors (Lipinski definition) is 4. The van der Waals surface area contributed by atoms with Gasteiger partial charge in [0.25, 0.3) is 10.0 Å². The number of benzene rings is 4. The van der Waals surface area contributed by atoms with E-state index in [1.165, 1.54) is 47.4 Å². The van der Waals surface area contributed by atoms with Gasteiger partial charge in [0.1, 0.15) is 18.4 Å². The predicted octanol–water partition coefficient (Wildman–Crippen LogP) is 7.03. The van der Waals surface area contributed by atoms with E-state index in [0.717, 1.165) is 35.6 Å². The van der Waals surface area contributed by atoms with Crippen LogP contribution in [0.3, 0.4) is 0 Å². The molecular formula is C35H34Cl2FN3O4S.